The molecule has 1 unspecified atom stereocenters. The van der Waals surface area contributed by atoms with E-state index in [-0.39, 0.29) is 6.04 Å². The van der Waals surface area contributed by atoms with Crippen molar-refractivity contribution in [2.24, 2.45) is 5.73 Å². The van der Waals surface area contributed by atoms with Gasteiger partial charge in [0.1, 0.15) is 0 Å². The van der Waals surface area contributed by atoms with Gasteiger partial charge in [0, 0.05) is 25.0 Å². The molecule has 1 aromatic carbocycles. The number of aromatic nitrogens is 1. The molecule has 3 rings (SSSR count). The lowest BCUT2D eigenvalue weighted by Crippen LogP contribution is -2.09. The molecule has 0 amide bonds. The summed E-state index contributed by atoms with van der Waals surface area (Å²) in [5, 5.41) is 0. The van der Waals surface area contributed by atoms with E-state index in [0.717, 1.165) is 19.4 Å². The molecular formula is C18H24N2. The van der Waals surface area contributed by atoms with E-state index < -0.39 is 0 Å². The molecule has 0 radical (unpaired) electrons. The van der Waals surface area contributed by atoms with Gasteiger partial charge in [-0.2, -0.15) is 0 Å². The van der Waals surface area contributed by atoms with Crippen LogP contribution in [0.3, 0.4) is 0 Å². The van der Waals surface area contributed by atoms with Crippen LogP contribution in [0.5, 0.6) is 0 Å². The average Bonchev–Trinajstić information content (AvgIpc) is 2.79. The molecule has 0 fully saturated rings. The summed E-state index contributed by atoms with van der Waals surface area (Å²) in [6, 6.07) is 9.18. The molecule has 20 heavy (non-hydrogen) atoms. The summed E-state index contributed by atoms with van der Waals surface area (Å²) in [4.78, 5) is 0. The normalized spacial score (nSPS) is 18.6. The van der Waals surface area contributed by atoms with Crippen molar-refractivity contribution in [2.45, 2.75) is 51.6 Å². The number of benzene rings is 1. The molecule has 106 valence electrons. The Labute approximate surface area is 121 Å². The summed E-state index contributed by atoms with van der Waals surface area (Å²) in [7, 11) is 0. The zero-order valence-corrected chi connectivity index (χ0v) is 12.3. The fraction of sp³-hybridized carbons (Fsp3) is 0.444. The summed E-state index contributed by atoms with van der Waals surface area (Å²) in [5.41, 5.74) is 11.9. The maximum atomic E-state index is 6.28. The Morgan fingerprint density at radius 2 is 1.85 bits per heavy atom. The molecule has 1 heterocycles. The molecule has 2 N–H and O–H groups in total. The first-order valence-corrected chi connectivity index (χ1v) is 7.78. The van der Waals surface area contributed by atoms with E-state index in [4.69, 9.17) is 5.73 Å². The SMILES string of the molecule is CCc1ccc(Cn2cc3c(c2)C(N)CCCC3)cc1. The van der Waals surface area contributed by atoms with Crippen LogP contribution in [0.25, 0.3) is 0 Å². The minimum absolute atomic E-state index is 0.233. The molecule has 1 aliphatic carbocycles. The third kappa shape index (κ3) is 2.80. The lowest BCUT2D eigenvalue weighted by molar-refractivity contribution is 0.610. The lowest BCUT2D eigenvalue weighted by Gasteiger charge is -2.08. The van der Waals surface area contributed by atoms with Crippen LogP contribution in [0.4, 0.5) is 0 Å². The van der Waals surface area contributed by atoms with Gasteiger partial charge < -0.3 is 10.3 Å². The Morgan fingerprint density at radius 1 is 1.10 bits per heavy atom. The van der Waals surface area contributed by atoms with Crippen molar-refractivity contribution in [3.63, 3.8) is 0 Å². The maximum absolute atomic E-state index is 6.28. The molecule has 1 aliphatic rings. The standard InChI is InChI=1S/C18H24N2/c1-2-14-7-9-15(10-8-14)11-20-12-16-5-3-4-6-18(19)17(16)13-20/h7-10,12-13,18H,2-6,11,19H2,1H3. The van der Waals surface area contributed by atoms with E-state index in [1.807, 2.05) is 0 Å². The second-order valence-electron chi connectivity index (χ2n) is 5.93. The first kappa shape index (κ1) is 13.4. The molecule has 1 atom stereocenters. The van der Waals surface area contributed by atoms with Gasteiger partial charge in [0.2, 0.25) is 0 Å². The van der Waals surface area contributed by atoms with Crippen LogP contribution in [-0.2, 0) is 19.4 Å². The van der Waals surface area contributed by atoms with Crippen molar-refractivity contribution in [3.8, 4) is 0 Å². The number of aryl methyl sites for hydroxylation is 2. The average molecular weight is 268 g/mol. The third-order valence-corrected chi connectivity index (χ3v) is 4.40. The van der Waals surface area contributed by atoms with E-state index in [0.29, 0.717) is 0 Å². The number of hydrogen-bond acceptors (Lipinski definition) is 1. The smallest absolute Gasteiger partial charge is 0.0470 e. The highest BCUT2D eigenvalue weighted by Crippen LogP contribution is 2.28. The minimum atomic E-state index is 0.233. The molecule has 0 saturated carbocycles. The van der Waals surface area contributed by atoms with E-state index >= 15 is 0 Å². The van der Waals surface area contributed by atoms with Crippen LogP contribution in [0.1, 0.15) is 54.5 Å². The first-order valence-electron chi connectivity index (χ1n) is 7.78. The zero-order valence-electron chi connectivity index (χ0n) is 12.3. The van der Waals surface area contributed by atoms with Crippen molar-refractivity contribution in [3.05, 3.63) is 58.9 Å². The van der Waals surface area contributed by atoms with Crippen LogP contribution in [-0.4, -0.2) is 4.57 Å². The molecule has 1 aromatic heterocycles. The van der Waals surface area contributed by atoms with Crippen LogP contribution in [0.2, 0.25) is 0 Å². The van der Waals surface area contributed by atoms with Gasteiger partial charge >= 0.3 is 0 Å². The summed E-state index contributed by atoms with van der Waals surface area (Å²) < 4.78 is 2.30. The van der Waals surface area contributed by atoms with Gasteiger partial charge in [-0.05, 0) is 47.9 Å². The van der Waals surface area contributed by atoms with Crippen LogP contribution < -0.4 is 5.73 Å². The van der Waals surface area contributed by atoms with Gasteiger partial charge in [-0.3, -0.25) is 0 Å². The number of rotatable bonds is 3. The fourth-order valence-corrected chi connectivity index (χ4v) is 3.13. The van der Waals surface area contributed by atoms with Crippen molar-refractivity contribution < 1.29 is 0 Å². The molecule has 0 aliphatic heterocycles. The largest absolute Gasteiger partial charge is 0.349 e. The monoisotopic (exact) mass is 268 g/mol. The van der Waals surface area contributed by atoms with Gasteiger partial charge in [0.25, 0.3) is 0 Å². The van der Waals surface area contributed by atoms with Crippen LogP contribution >= 0.6 is 0 Å². The highest BCUT2D eigenvalue weighted by atomic mass is 14.9. The topological polar surface area (TPSA) is 30.9 Å². The van der Waals surface area contributed by atoms with E-state index in [1.54, 1.807) is 0 Å². The van der Waals surface area contributed by atoms with Gasteiger partial charge in [-0.25, -0.2) is 0 Å². The van der Waals surface area contributed by atoms with Crippen LogP contribution in [0.15, 0.2) is 36.7 Å². The van der Waals surface area contributed by atoms with Gasteiger partial charge in [-0.15, -0.1) is 0 Å². The van der Waals surface area contributed by atoms with Crippen molar-refractivity contribution >= 4 is 0 Å². The highest BCUT2D eigenvalue weighted by molar-refractivity contribution is 5.30. The minimum Gasteiger partial charge on any atom is -0.349 e. The lowest BCUT2D eigenvalue weighted by atomic mass is 10.1. The highest BCUT2D eigenvalue weighted by Gasteiger charge is 2.17. The van der Waals surface area contributed by atoms with Gasteiger partial charge in [0.05, 0.1) is 0 Å². The van der Waals surface area contributed by atoms with Crippen molar-refractivity contribution in [2.75, 3.05) is 0 Å². The van der Waals surface area contributed by atoms with Crippen molar-refractivity contribution in [1.82, 2.24) is 4.57 Å². The molecule has 0 spiro atoms. The summed E-state index contributed by atoms with van der Waals surface area (Å²) >= 11 is 0. The van der Waals surface area contributed by atoms with Gasteiger partial charge in [0.15, 0.2) is 0 Å². The fourth-order valence-electron chi connectivity index (χ4n) is 3.13. The van der Waals surface area contributed by atoms with E-state index in [1.165, 1.54) is 41.5 Å². The Morgan fingerprint density at radius 3 is 2.60 bits per heavy atom. The number of hydrogen-bond donors (Lipinski definition) is 1. The Balaban J connectivity index is 1.79. The predicted molar refractivity (Wildman–Crippen MR) is 83.8 cm³/mol. The second kappa shape index (κ2) is 5.84. The molecule has 2 heteroatoms. The predicted octanol–water partition coefficient (Wildman–Crippen LogP) is 3.83. The molecule has 2 aromatic rings. The third-order valence-electron chi connectivity index (χ3n) is 4.40. The second-order valence-corrected chi connectivity index (χ2v) is 5.93. The Kier molecular flexibility index (Phi) is 3.93. The summed E-state index contributed by atoms with van der Waals surface area (Å²) in [6.45, 7) is 3.14. The molecule has 0 bridgehead atoms. The maximum Gasteiger partial charge on any atom is 0.0470 e. The zero-order chi connectivity index (χ0) is 13.9. The van der Waals surface area contributed by atoms with Gasteiger partial charge in [-0.1, -0.05) is 37.6 Å². The number of fused-ring (bicyclic) bond motifs is 1. The number of nitrogens with two attached hydrogens (primary N) is 1. The van der Waals surface area contributed by atoms with Crippen molar-refractivity contribution in [1.29, 1.82) is 0 Å². The van der Waals surface area contributed by atoms with Crippen LogP contribution in [0, 0.1) is 0 Å². The Bertz CT molecular complexity index is 566. The quantitative estimate of drug-likeness (QED) is 0.843. The molecular weight excluding hydrogens is 244 g/mol. The Hall–Kier alpha value is -1.54. The molecule has 0 saturated heterocycles. The van der Waals surface area contributed by atoms with E-state index in [9.17, 15) is 0 Å². The molecule has 2 nitrogen and oxygen atoms in total. The number of nitrogens with zero attached hydrogens (tertiary/aromatic N) is 1. The summed E-state index contributed by atoms with van der Waals surface area (Å²) in [5.74, 6) is 0. The van der Waals surface area contributed by atoms with E-state index in [2.05, 4.69) is 48.1 Å². The summed E-state index contributed by atoms with van der Waals surface area (Å²) in [6.07, 6.45) is 10.5. The first-order chi connectivity index (χ1) is 9.76.